The van der Waals surface area contributed by atoms with Crippen molar-refractivity contribution in [3.05, 3.63) is 44.0 Å². The van der Waals surface area contributed by atoms with Crippen LogP contribution in [0.5, 0.6) is 0 Å². The fourth-order valence-corrected chi connectivity index (χ4v) is 4.78. The molecule has 1 aromatic heterocycles. The van der Waals surface area contributed by atoms with Gasteiger partial charge in [0.15, 0.2) is 0 Å². The van der Waals surface area contributed by atoms with Gasteiger partial charge in [-0.2, -0.15) is 0 Å². The van der Waals surface area contributed by atoms with Crippen LogP contribution in [0.4, 0.5) is 5.69 Å². The number of rotatable bonds is 6. The van der Waals surface area contributed by atoms with Crippen molar-refractivity contribution in [2.75, 3.05) is 11.3 Å². The second kappa shape index (κ2) is 7.11. The summed E-state index contributed by atoms with van der Waals surface area (Å²) in [5, 5.41) is 5.25. The molecule has 0 spiro atoms. The van der Waals surface area contributed by atoms with E-state index in [1.807, 2.05) is 6.92 Å². The average molecular weight is 410 g/mol. The zero-order chi connectivity index (χ0) is 15.5. The Morgan fingerprint density at radius 3 is 2.81 bits per heavy atom. The fraction of sp³-hybridized carbons (Fsp3) is 0.231. The quantitative estimate of drug-likeness (QED) is 0.756. The zero-order valence-electron chi connectivity index (χ0n) is 11.2. The van der Waals surface area contributed by atoms with E-state index in [0.29, 0.717) is 17.3 Å². The molecule has 0 bridgehead atoms. The topological polar surface area (TPSA) is 58.2 Å². The summed E-state index contributed by atoms with van der Waals surface area (Å²) in [7, 11) is -3.66. The van der Waals surface area contributed by atoms with Crippen LogP contribution in [0.25, 0.3) is 0 Å². The van der Waals surface area contributed by atoms with Crippen molar-refractivity contribution in [3.8, 4) is 0 Å². The maximum Gasteiger partial charge on any atom is 0.263 e. The summed E-state index contributed by atoms with van der Waals surface area (Å²) >= 11 is 10.7. The van der Waals surface area contributed by atoms with Crippen LogP contribution >= 0.6 is 38.9 Å². The smallest absolute Gasteiger partial charge is 0.263 e. The lowest BCUT2D eigenvalue weighted by Crippen LogP contribution is -2.17. The molecule has 2 aromatic rings. The molecule has 0 radical (unpaired) electrons. The Morgan fingerprint density at radius 2 is 2.10 bits per heavy atom. The number of halogens is 2. The molecule has 114 valence electrons. The Hall–Kier alpha value is -0.600. The molecule has 0 saturated carbocycles. The first-order chi connectivity index (χ1) is 9.94. The molecular formula is C13H14BrClN2O2S2. The standard InChI is InChI=1S/C13H14BrClN2O2S2/c1-2-16-8-12-13(5-6-20-12)21(18,19)17-11-7-9(14)3-4-10(11)15/h3-7,16-17H,2,8H2,1H3. The highest BCUT2D eigenvalue weighted by molar-refractivity contribution is 9.10. The third kappa shape index (κ3) is 4.20. The first-order valence-corrected chi connectivity index (χ1v) is 9.72. The number of thiophene rings is 1. The lowest BCUT2D eigenvalue weighted by Gasteiger charge is -2.11. The van der Waals surface area contributed by atoms with Gasteiger partial charge < -0.3 is 5.32 Å². The van der Waals surface area contributed by atoms with Gasteiger partial charge in [-0.05, 0) is 36.2 Å². The van der Waals surface area contributed by atoms with Crippen LogP contribution in [0.3, 0.4) is 0 Å². The molecule has 0 atom stereocenters. The van der Waals surface area contributed by atoms with Gasteiger partial charge in [-0.15, -0.1) is 11.3 Å². The first-order valence-electron chi connectivity index (χ1n) is 6.19. The Balaban J connectivity index is 2.30. The van der Waals surface area contributed by atoms with Gasteiger partial charge in [-0.1, -0.05) is 34.5 Å². The van der Waals surface area contributed by atoms with Crippen LogP contribution in [0, 0.1) is 0 Å². The van der Waals surface area contributed by atoms with E-state index in [2.05, 4.69) is 26.0 Å². The number of hydrogen-bond donors (Lipinski definition) is 2. The van der Waals surface area contributed by atoms with E-state index in [-0.39, 0.29) is 4.90 Å². The maximum atomic E-state index is 12.5. The van der Waals surface area contributed by atoms with E-state index in [1.54, 1.807) is 29.6 Å². The highest BCUT2D eigenvalue weighted by Gasteiger charge is 2.20. The normalized spacial score (nSPS) is 11.6. The molecule has 8 heteroatoms. The van der Waals surface area contributed by atoms with Crippen LogP contribution in [0.2, 0.25) is 5.02 Å². The number of sulfonamides is 1. The third-order valence-electron chi connectivity index (χ3n) is 2.70. The Labute approximate surface area is 141 Å². The van der Waals surface area contributed by atoms with Gasteiger partial charge in [0.1, 0.15) is 4.90 Å². The van der Waals surface area contributed by atoms with Gasteiger partial charge in [-0.25, -0.2) is 8.42 Å². The van der Waals surface area contributed by atoms with E-state index in [9.17, 15) is 8.42 Å². The predicted molar refractivity (Wildman–Crippen MR) is 91.7 cm³/mol. The summed E-state index contributed by atoms with van der Waals surface area (Å²) in [4.78, 5) is 1.06. The first kappa shape index (κ1) is 16.8. The van der Waals surface area contributed by atoms with E-state index >= 15 is 0 Å². The Bertz CT molecular complexity index is 732. The fourth-order valence-electron chi connectivity index (χ4n) is 1.71. The van der Waals surface area contributed by atoms with Gasteiger partial charge in [0.2, 0.25) is 0 Å². The molecule has 4 nitrogen and oxygen atoms in total. The van der Waals surface area contributed by atoms with Crippen molar-refractivity contribution in [1.29, 1.82) is 0 Å². The SMILES string of the molecule is CCNCc1sccc1S(=O)(=O)Nc1cc(Br)ccc1Cl. The van der Waals surface area contributed by atoms with Gasteiger partial charge in [-0.3, -0.25) is 4.72 Å². The van der Waals surface area contributed by atoms with Crippen molar-refractivity contribution in [2.45, 2.75) is 18.4 Å². The third-order valence-corrected chi connectivity index (χ3v) is 6.03. The lowest BCUT2D eigenvalue weighted by molar-refractivity contribution is 0.599. The predicted octanol–water partition coefficient (Wildman–Crippen LogP) is 4.07. The second-order valence-electron chi connectivity index (χ2n) is 4.22. The molecule has 0 aliphatic rings. The summed E-state index contributed by atoms with van der Waals surface area (Å²) in [6.45, 7) is 3.28. The molecule has 0 fully saturated rings. The van der Waals surface area contributed by atoms with E-state index < -0.39 is 10.0 Å². The van der Waals surface area contributed by atoms with Crippen molar-refractivity contribution in [2.24, 2.45) is 0 Å². The van der Waals surface area contributed by atoms with Gasteiger partial charge in [0.05, 0.1) is 10.7 Å². The molecule has 0 unspecified atom stereocenters. The number of anilines is 1. The summed E-state index contributed by atoms with van der Waals surface area (Å²) in [5.41, 5.74) is 0.353. The molecule has 1 heterocycles. The Kier molecular flexibility index (Phi) is 5.67. The molecule has 0 aliphatic heterocycles. The number of nitrogens with one attached hydrogen (secondary N) is 2. The molecule has 0 aliphatic carbocycles. The van der Waals surface area contributed by atoms with E-state index in [0.717, 1.165) is 15.9 Å². The van der Waals surface area contributed by atoms with Gasteiger partial charge in [0, 0.05) is 15.9 Å². The lowest BCUT2D eigenvalue weighted by atomic mass is 10.3. The average Bonchev–Trinajstić information content (AvgIpc) is 2.89. The molecule has 0 amide bonds. The van der Waals surface area contributed by atoms with Crippen LogP contribution in [-0.2, 0) is 16.6 Å². The summed E-state index contributed by atoms with van der Waals surface area (Å²) in [6, 6.07) is 6.62. The molecule has 0 saturated heterocycles. The molecule has 1 aromatic carbocycles. The summed E-state index contributed by atoms with van der Waals surface area (Å²) in [5.74, 6) is 0. The molecule has 2 rings (SSSR count). The van der Waals surface area contributed by atoms with Gasteiger partial charge in [0.25, 0.3) is 10.0 Å². The van der Waals surface area contributed by atoms with Crippen molar-refractivity contribution in [3.63, 3.8) is 0 Å². The van der Waals surface area contributed by atoms with Crippen LogP contribution in [0.15, 0.2) is 39.0 Å². The minimum absolute atomic E-state index is 0.282. The zero-order valence-corrected chi connectivity index (χ0v) is 15.2. The maximum absolute atomic E-state index is 12.5. The number of hydrogen-bond acceptors (Lipinski definition) is 4. The molecule has 21 heavy (non-hydrogen) atoms. The summed E-state index contributed by atoms with van der Waals surface area (Å²) in [6.07, 6.45) is 0. The van der Waals surface area contributed by atoms with Crippen LogP contribution in [-0.4, -0.2) is 15.0 Å². The number of benzene rings is 1. The van der Waals surface area contributed by atoms with Crippen LogP contribution < -0.4 is 10.0 Å². The van der Waals surface area contributed by atoms with Crippen molar-refractivity contribution in [1.82, 2.24) is 5.32 Å². The largest absolute Gasteiger partial charge is 0.312 e. The van der Waals surface area contributed by atoms with E-state index in [1.165, 1.54) is 11.3 Å². The Morgan fingerprint density at radius 1 is 1.33 bits per heavy atom. The van der Waals surface area contributed by atoms with Crippen molar-refractivity contribution < 1.29 is 8.42 Å². The van der Waals surface area contributed by atoms with Crippen LogP contribution in [0.1, 0.15) is 11.8 Å². The molecular weight excluding hydrogens is 396 g/mol. The minimum Gasteiger partial charge on any atom is -0.312 e. The minimum atomic E-state index is -3.66. The highest BCUT2D eigenvalue weighted by Crippen LogP contribution is 2.30. The molecule has 2 N–H and O–H groups in total. The highest BCUT2D eigenvalue weighted by atomic mass is 79.9. The second-order valence-corrected chi connectivity index (χ2v) is 8.19. The monoisotopic (exact) mass is 408 g/mol. The van der Waals surface area contributed by atoms with Crippen molar-refractivity contribution >= 4 is 54.6 Å². The van der Waals surface area contributed by atoms with E-state index in [4.69, 9.17) is 11.6 Å². The van der Waals surface area contributed by atoms with Gasteiger partial charge >= 0.3 is 0 Å². The summed E-state index contributed by atoms with van der Waals surface area (Å²) < 4.78 is 28.3.